The molecule has 1 aromatic heterocycles. The molecule has 8 heteroatoms. The van der Waals surface area contributed by atoms with E-state index in [0.29, 0.717) is 22.8 Å². The SMILES string of the molecule is Cc1nc(Br)cc(NCCS(=O)(=O)N(C)C)n1. The van der Waals surface area contributed by atoms with Crippen LogP contribution in [0.2, 0.25) is 0 Å². The number of nitrogens with zero attached hydrogens (tertiary/aromatic N) is 3. The molecule has 0 aliphatic carbocycles. The van der Waals surface area contributed by atoms with Crippen molar-refractivity contribution in [1.29, 1.82) is 0 Å². The molecule has 0 unspecified atom stereocenters. The predicted molar refractivity (Wildman–Crippen MR) is 70.4 cm³/mol. The van der Waals surface area contributed by atoms with Crippen LogP contribution in [-0.2, 0) is 10.0 Å². The largest absolute Gasteiger partial charge is 0.369 e. The molecule has 0 radical (unpaired) electrons. The third-order valence-electron chi connectivity index (χ3n) is 2.03. The lowest BCUT2D eigenvalue weighted by atomic mass is 10.5. The van der Waals surface area contributed by atoms with E-state index in [1.54, 1.807) is 13.0 Å². The molecule has 0 amide bonds. The maximum absolute atomic E-state index is 11.5. The molecule has 6 nitrogen and oxygen atoms in total. The number of halogens is 1. The van der Waals surface area contributed by atoms with Gasteiger partial charge in [-0.15, -0.1) is 0 Å². The normalized spacial score (nSPS) is 11.8. The van der Waals surface area contributed by atoms with E-state index in [1.165, 1.54) is 18.4 Å². The second-order valence-electron chi connectivity index (χ2n) is 3.65. The molecule has 1 aromatic rings. The van der Waals surface area contributed by atoms with E-state index < -0.39 is 10.0 Å². The first-order chi connectivity index (χ1) is 7.81. The van der Waals surface area contributed by atoms with Crippen LogP contribution in [0.4, 0.5) is 5.82 Å². The quantitative estimate of drug-likeness (QED) is 0.813. The second kappa shape index (κ2) is 5.74. The van der Waals surface area contributed by atoms with Crippen LogP contribution in [0, 0.1) is 6.92 Å². The predicted octanol–water partition coefficient (Wildman–Crippen LogP) is 0.851. The second-order valence-corrected chi connectivity index (χ2v) is 6.76. The summed E-state index contributed by atoms with van der Waals surface area (Å²) in [6, 6.07) is 1.70. The van der Waals surface area contributed by atoms with Crippen LogP contribution in [-0.4, -0.2) is 49.1 Å². The molecule has 1 heterocycles. The van der Waals surface area contributed by atoms with Crippen LogP contribution in [0.3, 0.4) is 0 Å². The lowest BCUT2D eigenvalue weighted by Crippen LogP contribution is -2.28. The summed E-state index contributed by atoms with van der Waals surface area (Å²) in [5.41, 5.74) is 0. The topological polar surface area (TPSA) is 75.2 Å². The average Bonchev–Trinajstić information content (AvgIpc) is 2.15. The highest BCUT2D eigenvalue weighted by atomic mass is 79.9. The smallest absolute Gasteiger partial charge is 0.215 e. The molecule has 1 N–H and O–H groups in total. The van der Waals surface area contributed by atoms with Gasteiger partial charge in [0, 0.05) is 26.7 Å². The number of hydrogen-bond donors (Lipinski definition) is 1. The van der Waals surface area contributed by atoms with Gasteiger partial charge in [0.15, 0.2) is 0 Å². The van der Waals surface area contributed by atoms with E-state index in [2.05, 4.69) is 31.2 Å². The zero-order chi connectivity index (χ0) is 13.1. The number of sulfonamides is 1. The minimum absolute atomic E-state index is 0.0284. The fourth-order valence-corrected chi connectivity index (χ4v) is 2.31. The van der Waals surface area contributed by atoms with Crippen LogP contribution in [0.15, 0.2) is 10.7 Å². The van der Waals surface area contributed by atoms with Crippen molar-refractivity contribution in [3.05, 3.63) is 16.5 Å². The van der Waals surface area contributed by atoms with E-state index in [4.69, 9.17) is 0 Å². The summed E-state index contributed by atoms with van der Waals surface area (Å²) in [6.07, 6.45) is 0. The molecule has 0 atom stereocenters. The molecule has 0 aromatic carbocycles. The highest BCUT2D eigenvalue weighted by Crippen LogP contribution is 2.11. The third kappa shape index (κ3) is 4.57. The summed E-state index contributed by atoms with van der Waals surface area (Å²) in [5.74, 6) is 1.26. The number of aromatic nitrogens is 2. The highest BCUT2D eigenvalue weighted by Gasteiger charge is 2.12. The van der Waals surface area contributed by atoms with Crippen LogP contribution in [0.25, 0.3) is 0 Å². The summed E-state index contributed by atoms with van der Waals surface area (Å²) in [6.45, 7) is 2.08. The summed E-state index contributed by atoms with van der Waals surface area (Å²) in [5, 5.41) is 2.95. The lowest BCUT2D eigenvalue weighted by molar-refractivity contribution is 0.521. The number of anilines is 1. The first-order valence-corrected chi connectivity index (χ1v) is 7.37. The lowest BCUT2D eigenvalue weighted by Gasteiger charge is -2.12. The molecular formula is C9H15BrN4O2S. The maximum Gasteiger partial charge on any atom is 0.215 e. The summed E-state index contributed by atoms with van der Waals surface area (Å²) < 4.78 is 24.9. The van der Waals surface area contributed by atoms with Crippen molar-refractivity contribution in [2.75, 3.05) is 31.7 Å². The third-order valence-corrected chi connectivity index (χ3v) is 4.27. The maximum atomic E-state index is 11.5. The van der Waals surface area contributed by atoms with Gasteiger partial charge in [0.05, 0.1) is 5.75 Å². The molecule has 1 rings (SSSR count). The number of rotatable bonds is 5. The molecule has 0 spiro atoms. The van der Waals surface area contributed by atoms with E-state index >= 15 is 0 Å². The number of nitrogens with one attached hydrogen (secondary N) is 1. The van der Waals surface area contributed by atoms with Crippen LogP contribution < -0.4 is 5.32 Å². The Hall–Kier alpha value is -0.730. The van der Waals surface area contributed by atoms with Gasteiger partial charge in [-0.25, -0.2) is 22.7 Å². The molecule has 0 aliphatic heterocycles. The van der Waals surface area contributed by atoms with Gasteiger partial charge in [0.25, 0.3) is 0 Å². The minimum atomic E-state index is -3.17. The van der Waals surface area contributed by atoms with Gasteiger partial charge in [-0.3, -0.25) is 0 Å². The molecule has 0 bridgehead atoms. The zero-order valence-corrected chi connectivity index (χ0v) is 12.3. The molecule has 96 valence electrons. The van der Waals surface area contributed by atoms with Crippen molar-refractivity contribution < 1.29 is 8.42 Å². The van der Waals surface area contributed by atoms with Crippen molar-refractivity contribution in [1.82, 2.24) is 14.3 Å². The van der Waals surface area contributed by atoms with Crippen LogP contribution in [0.5, 0.6) is 0 Å². The monoisotopic (exact) mass is 322 g/mol. The summed E-state index contributed by atoms with van der Waals surface area (Å²) >= 11 is 3.25. The van der Waals surface area contributed by atoms with E-state index in [0.717, 1.165) is 0 Å². The first kappa shape index (κ1) is 14.3. The van der Waals surface area contributed by atoms with Gasteiger partial charge in [-0.1, -0.05) is 0 Å². The fraction of sp³-hybridized carbons (Fsp3) is 0.556. The van der Waals surface area contributed by atoms with Gasteiger partial charge in [-0.2, -0.15) is 0 Å². The molecular weight excluding hydrogens is 308 g/mol. The van der Waals surface area contributed by atoms with Crippen molar-refractivity contribution in [2.24, 2.45) is 0 Å². The Balaban J connectivity index is 2.57. The minimum Gasteiger partial charge on any atom is -0.369 e. The molecule has 0 fully saturated rings. The van der Waals surface area contributed by atoms with Crippen molar-refractivity contribution >= 4 is 31.8 Å². The van der Waals surface area contributed by atoms with Crippen LogP contribution >= 0.6 is 15.9 Å². The van der Waals surface area contributed by atoms with E-state index in [9.17, 15) is 8.42 Å². The number of aryl methyl sites for hydroxylation is 1. The Morgan fingerprint density at radius 3 is 2.59 bits per heavy atom. The van der Waals surface area contributed by atoms with Gasteiger partial charge in [-0.05, 0) is 22.9 Å². The molecule has 0 aliphatic rings. The summed E-state index contributed by atoms with van der Waals surface area (Å²) in [7, 11) is -0.144. The Labute approximate surface area is 110 Å². The molecule has 17 heavy (non-hydrogen) atoms. The van der Waals surface area contributed by atoms with Gasteiger partial charge in [0.2, 0.25) is 10.0 Å². The van der Waals surface area contributed by atoms with Crippen LogP contribution in [0.1, 0.15) is 5.82 Å². The fourth-order valence-electron chi connectivity index (χ4n) is 1.11. The molecule has 0 saturated heterocycles. The summed E-state index contributed by atoms with van der Waals surface area (Å²) in [4.78, 5) is 8.20. The Kier molecular flexibility index (Phi) is 4.84. The Morgan fingerprint density at radius 1 is 1.41 bits per heavy atom. The van der Waals surface area contributed by atoms with Crippen molar-refractivity contribution in [3.8, 4) is 0 Å². The average molecular weight is 323 g/mol. The highest BCUT2D eigenvalue weighted by molar-refractivity contribution is 9.10. The molecule has 0 saturated carbocycles. The Bertz CT molecular complexity index is 470. The Morgan fingerprint density at radius 2 is 2.06 bits per heavy atom. The van der Waals surface area contributed by atoms with Gasteiger partial charge < -0.3 is 5.32 Å². The van der Waals surface area contributed by atoms with Gasteiger partial charge >= 0.3 is 0 Å². The first-order valence-electron chi connectivity index (χ1n) is 4.96. The van der Waals surface area contributed by atoms with E-state index in [1.807, 2.05) is 0 Å². The number of hydrogen-bond acceptors (Lipinski definition) is 5. The zero-order valence-electron chi connectivity index (χ0n) is 9.94. The van der Waals surface area contributed by atoms with E-state index in [-0.39, 0.29) is 5.75 Å². The van der Waals surface area contributed by atoms with Crippen molar-refractivity contribution in [3.63, 3.8) is 0 Å². The van der Waals surface area contributed by atoms with Crippen molar-refractivity contribution in [2.45, 2.75) is 6.92 Å². The van der Waals surface area contributed by atoms with Gasteiger partial charge in [0.1, 0.15) is 16.2 Å². The standard InChI is InChI=1S/C9H15BrN4O2S/c1-7-12-8(10)6-9(13-7)11-4-5-17(15,16)14(2)3/h6H,4-5H2,1-3H3,(H,11,12,13).